The minimum atomic E-state index is -0.526. The SMILES string of the molecule is CC(C)N(CCNCc1c(F)ccc(Br)c1F)C(C)C. The molecule has 1 aromatic carbocycles. The summed E-state index contributed by atoms with van der Waals surface area (Å²) in [6.07, 6.45) is 0. The van der Waals surface area contributed by atoms with Gasteiger partial charge in [0, 0.05) is 37.3 Å². The van der Waals surface area contributed by atoms with E-state index in [-0.39, 0.29) is 12.1 Å². The lowest BCUT2D eigenvalue weighted by atomic mass is 10.2. The van der Waals surface area contributed by atoms with E-state index < -0.39 is 11.6 Å². The molecule has 1 aromatic rings. The van der Waals surface area contributed by atoms with Crippen LogP contribution in [0.2, 0.25) is 0 Å². The van der Waals surface area contributed by atoms with Crippen LogP contribution in [0.3, 0.4) is 0 Å². The highest BCUT2D eigenvalue weighted by Crippen LogP contribution is 2.21. The normalized spacial score (nSPS) is 11.9. The van der Waals surface area contributed by atoms with Crippen LogP contribution < -0.4 is 5.32 Å². The van der Waals surface area contributed by atoms with Gasteiger partial charge in [0.15, 0.2) is 0 Å². The maximum Gasteiger partial charge on any atom is 0.144 e. The summed E-state index contributed by atoms with van der Waals surface area (Å²) in [5.74, 6) is -1.04. The molecule has 1 N–H and O–H groups in total. The third-order valence-corrected chi connectivity index (χ3v) is 3.93. The monoisotopic (exact) mass is 348 g/mol. The highest BCUT2D eigenvalue weighted by Gasteiger charge is 2.14. The number of rotatable bonds is 7. The molecule has 0 amide bonds. The van der Waals surface area contributed by atoms with Gasteiger partial charge < -0.3 is 5.32 Å². The van der Waals surface area contributed by atoms with Crippen molar-refractivity contribution in [2.24, 2.45) is 0 Å². The van der Waals surface area contributed by atoms with Gasteiger partial charge in [-0.25, -0.2) is 8.78 Å². The third-order valence-electron chi connectivity index (χ3n) is 3.31. The van der Waals surface area contributed by atoms with Gasteiger partial charge in [-0.1, -0.05) is 0 Å². The Morgan fingerprint density at radius 1 is 1.15 bits per heavy atom. The molecule has 0 saturated carbocycles. The summed E-state index contributed by atoms with van der Waals surface area (Å²) in [6.45, 7) is 10.3. The molecule has 0 aromatic heterocycles. The fourth-order valence-electron chi connectivity index (χ4n) is 2.27. The number of nitrogens with zero attached hydrogens (tertiary/aromatic N) is 1. The van der Waals surface area contributed by atoms with Gasteiger partial charge in [0.2, 0.25) is 0 Å². The van der Waals surface area contributed by atoms with Crippen molar-refractivity contribution in [2.45, 2.75) is 46.3 Å². The van der Waals surface area contributed by atoms with E-state index >= 15 is 0 Å². The Bertz CT molecular complexity index is 428. The Morgan fingerprint density at radius 3 is 2.30 bits per heavy atom. The Morgan fingerprint density at radius 2 is 1.75 bits per heavy atom. The molecule has 1 rings (SSSR count). The molecule has 5 heteroatoms. The van der Waals surface area contributed by atoms with Crippen molar-refractivity contribution in [3.05, 3.63) is 33.8 Å². The average molecular weight is 349 g/mol. The summed E-state index contributed by atoms with van der Waals surface area (Å²) in [5, 5.41) is 3.11. The van der Waals surface area contributed by atoms with Gasteiger partial charge in [-0.3, -0.25) is 4.90 Å². The van der Waals surface area contributed by atoms with E-state index in [1.54, 1.807) is 0 Å². The summed E-state index contributed by atoms with van der Waals surface area (Å²) in [7, 11) is 0. The third kappa shape index (κ3) is 4.79. The molecule has 0 aliphatic heterocycles. The first-order chi connectivity index (χ1) is 9.34. The maximum atomic E-state index is 13.8. The van der Waals surface area contributed by atoms with Crippen LogP contribution in [0, 0.1) is 11.6 Å². The van der Waals surface area contributed by atoms with Crippen LogP contribution in [0.1, 0.15) is 33.3 Å². The number of hydrogen-bond acceptors (Lipinski definition) is 2. The van der Waals surface area contributed by atoms with Gasteiger partial charge in [0.25, 0.3) is 0 Å². The number of halogens is 3. The van der Waals surface area contributed by atoms with Crippen LogP contribution in [0.25, 0.3) is 0 Å². The molecular weight excluding hydrogens is 326 g/mol. The molecule has 114 valence electrons. The average Bonchev–Trinajstić information content (AvgIpc) is 2.36. The molecule has 0 bridgehead atoms. The second-order valence-electron chi connectivity index (χ2n) is 5.42. The van der Waals surface area contributed by atoms with Crippen molar-refractivity contribution in [1.82, 2.24) is 10.2 Å². The minimum Gasteiger partial charge on any atom is -0.311 e. The fourth-order valence-corrected chi connectivity index (χ4v) is 2.64. The lowest BCUT2D eigenvalue weighted by Gasteiger charge is -2.30. The number of benzene rings is 1. The van der Waals surface area contributed by atoms with Crippen LogP contribution in [0.15, 0.2) is 16.6 Å². The van der Waals surface area contributed by atoms with Crippen LogP contribution >= 0.6 is 15.9 Å². The second-order valence-corrected chi connectivity index (χ2v) is 6.28. The fraction of sp³-hybridized carbons (Fsp3) is 0.600. The van der Waals surface area contributed by atoms with E-state index in [0.29, 0.717) is 23.1 Å². The van der Waals surface area contributed by atoms with Gasteiger partial charge in [0.1, 0.15) is 11.6 Å². The zero-order valence-corrected chi connectivity index (χ0v) is 14.1. The van der Waals surface area contributed by atoms with Gasteiger partial charge in [-0.2, -0.15) is 0 Å². The highest BCUT2D eigenvalue weighted by molar-refractivity contribution is 9.10. The molecule has 20 heavy (non-hydrogen) atoms. The minimum absolute atomic E-state index is 0.0834. The molecule has 0 aliphatic carbocycles. The van der Waals surface area contributed by atoms with Gasteiger partial charge in [-0.05, 0) is 55.8 Å². The van der Waals surface area contributed by atoms with E-state index in [1.807, 2.05) is 0 Å². The summed E-state index contributed by atoms with van der Waals surface area (Å²) >= 11 is 3.07. The standard InChI is InChI=1S/C15H23BrF2N2/c1-10(2)20(11(3)4)8-7-19-9-12-14(17)6-5-13(16)15(12)18/h5-6,10-11,19H,7-9H2,1-4H3. The maximum absolute atomic E-state index is 13.8. The second kappa shape index (κ2) is 8.05. The van der Waals surface area contributed by atoms with E-state index in [0.717, 1.165) is 6.54 Å². The van der Waals surface area contributed by atoms with E-state index in [9.17, 15) is 8.78 Å². The molecule has 2 nitrogen and oxygen atoms in total. The Hall–Kier alpha value is -0.520. The zero-order valence-electron chi connectivity index (χ0n) is 12.5. The molecule has 0 radical (unpaired) electrons. The van der Waals surface area contributed by atoms with Crippen LogP contribution in [-0.4, -0.2) is 30.1 Å². The Balaban J connectivity index is 2.51. The molecule has 0 heterocycles. The van der Waals surface area contributed by atoms with E-state index in [4.69, 9.17) is 0 Å². The molecule has 0 aliphatic rings. The van der Waals surface area contributed by atoms with E-state index in [1.165, 1.54) is 12.1 Å². The lowest BCUT2D eigenvalue weighted by Crippen LogP contribution is -2.41. The smallest absolute Gasteiger partial charge is 0.144 e. The van der Waals surface area contributed by atoms with E-state index in [2.05, 4.69) is 53.8 Å². The van der Waals surface area contributed by atoms with Crippen molar-refractivity contribution < 1.29 is 8.78 Å². The van der Waals surface area contributed by atoms with Crippen molar-refractivity contribution in [3.8, 4) is 0 Å². The summed E-state index contributed by atoms with van der Waals surface area (Å²) in [4.78, 5) is 2.33. The predicted octanol–water partition coefficient (Wildman–Crippen LogP) is 3.94. The Labute approximate surface area is 128 Å². The summed E-state index contributed by atoms with van der Waals surface area (Å²) in [6, 6.07) is 3.57. The summed E-state index contributed by atoms with van der Waals surface area (Å²) in [5.41, 5.74) is 0.0834. The number of nitrogens with one attached hydrogen (secondary N) is 1. The highest BCUT2D eigenvalue weighted by atomic mass is 79.9. The van der Waals surface area contributed by atoms with Crippen LogP contribution in [0.4, 0.5) is 8.78 Å². The largest absolute Gasteiger partial charge is 0.311 e. The summed E-state index contributed by atoms with van der Waals surface area (Å²) < 4.78 is 27.6. The predicted molar refractivity (Wildman–Crippen MR) is 82.7 cm³/mol. The van der Waals surface area contributed by atoms with Crippen molar-refractivity contribution in [1.29, 1.82) is 0 Å². The first-order valence-corrected chi connectivity index (χ1v) is 7.72. The topological polar surface area (TPSA) is 15.3 Å². The van der Waals surface area contributed by atoms with Crippen molar-refractivity contribution in [3.63, 3.8) is 0 Å². The van der Waals surface area contributed by atoms with Crippen LogP contribution in [0.5, 0.6) is 0 Å². The quantitative estimate of drug-likeness (QED) is 0.593. The van der Waals surface area contributed by atoms with Gasteiger partial charge >= 0.3 is 0 Å². The van der Waals surface area contributed by atoms with Gasteiger partial charge in [-0.15, -0.1) is 0 Å². The molecule has 0 atom stereocenters. The molecule has 0 unspecified atom stereocenters. The van der Waals surface area contributed by atoms with Gasteiger partial charge in [0.05, 0.1) is 4.47 Å². The first kappa shape index (κ1) is 17.5. The van der Waals surface area contributed by atoms with Crippen LogP contribution in [-0.2, 0) is 6.54 Å². The van der Waals surface area contributed by atoms with Crippen molar-refractivity contribution >= 4 is 15.9 Å². The first-order valence-electron chi connectivity index (χ1n) is 6.93. The van der Waals surface area contributed by atoms with Crippen molar-refractivity contribution in [2.75, 3.05) is 13.1 Å². The Kier molecular flexibility index (Phi) is 7.06. The molecule has 0 fully saturated rings. The number of hydrogen-bond donors (Lipinski definition) is 1. The zero-order chi connectivity index (χ0) is 15.3. The lowest BCUT2D eigenvalue weighted by molar-refractivity contribution is 0.175. The molecule has 0 saturated heterocycles. The molecule has 0 spiro atoms. The molecular formula is C15H23BrF2N2.